The first-order valence-electron chi connectivity index (χ1n) is 4.10. The van der Waals surface area contributed by atoms with Crippen molar-refractivity contribution in [2.45, 2.75) is 18.2 Å². The summed E-state index contributed by atoms with van der Waals surface area (Å²) in [7, 11) is 3.15. The summed E-state index contributed by atoms with van der Waals surface area (Å²) in [6.07, 6.45) is 0.596. The molecule has 1 rings (SSSR count). The fraction of sp³-hybridized carbons (Fsp3) is 0.333. The molecule has 0 amide bonds. The summed E-state index contributed by atoms with van der Waals surface area (Å²) in [4.78, 5) is 0.155. The Bertz CT molecular complexity index is 426. The Morgan fingerprint density at radius 1 is 1.43 bits per heavy atom. The van der Waals surface area contributed by atoms with Gasteiger partial charge in [0.1, 0.15) is 5.75 Å². The van der Waals surface area contributed by atoms with Crippen LogP contribution in [0, 0.1) is 0 Å². The molecule has 5 heteroatoms. The molecule has 1 aromatic carbocycles. The highest BCUT2D eigenvalue weighted by Crippen LogP contribution is 2.24. The number of aryl methyl sites for hydroxylation is 1. The Morgan fingerprint density at radius 2 is 2.07 bits per heavy atom. The molecular formula is C9H11ClO3S. The molecule has 14 heavy (non-hydrogen) atoms. The Kier molecular flexibility index (Phi) is 3.39. The highest BCUT2D eigenvalue weighted by Gasteiger charge is 2.14. The first-order valence-corrected chi connectivity index (χ1v) is 6.41. The molecule has 0 aliphatic carbocycles. The molecule has 0 aliphatic rings. The molecule has 3 nitrogen and oxygen atoms in total. The van der Waals surface area contributed by atoms with E-state index < -0.39 is 9.05 Å². The van der Waals surface area contributed by atoms with E-state index in [9.17, 15) is 8.42 Å². The van der Waals surface area contributed by atoms with Crippen molar-refractivity contribution in [3.8, 4) is 5.75 Å². The van der Waals surface area contributed by atoms with E-state index >= 15 is 0 Å². The number of hydrogen-bond donors (Lipinski definition) is 0. The molecule has 0 atom stereocenters. The van der Waals surface area contributed by atoms with Crippen molar-refractivity contribution in [3.63, 3.8) is 0 Å². The van der Waals surface area contributed by atoms with Crippen LogP contribution in [-0.2, 0) is 15.5 Å². The average Bonchev–Trinajstić information content (AvgIpc) is 2.15. The van der Waals surface area contributed by atoms with Crippen LogP contribution in [0.3, 0.4) is 0 Å². The minimum absolute atomic E-state index is 0.155. The van der Waals surface area contributed by atoms with Gasteiger partial charge in [0.25, 0.3) is 9.05 Å². The first-order chi connectivity index (χ1) is 6.49. The molecule has 0 N–H and O–H groups in total. The third kappa shape index (κ3) is 2.39. The number of rotatable bonds is 3. The minimum atomic E-state index is -3.65. The van der Waals surface area contributed by atoms with E-state index in [0.717, 1.165) is 0 Å². The maximum atomic E-state index is 11.1. The van der Waals surface area contributed by atoms with Gasteiger partial charge in [-0.05, 0) is 30.2 Å². The zero-order valence-electron chi connectivity index (χ0n) is 7.95. The zero-order valence-corrected chi connectivity index (χ0v) is 9.52. The van der Waals surface area contributed by atoms with Crippen LogP contribution in [0.1, 0.15) is 12.5 Å². The second-order valence-corrected chi connectivity index (χ2v) is 5.30. The van der Waals surface area contributed by atoms with Crippen LogP contribution in [0.5, 0.6) is 5.75 Å². The first kappa shape index (κ1) is 11.3. The Labute approximate surface area is 88.1 Å². The number of ether oxygens (including phenoxy) is 1. The summed E-state index contributed by atoms with van der Waals surface area (Å²) in [5.41, 5.74) is 0.666. The van der Waals surface area contributed by atoms with E-state index in [2.05, 4.69) is 0 Å². The molecule has 0 spiro atoms. The van der Waals surface area contributed by atoms with Crippen molar-refractivity contribution in [1.82, 2.24) is 0 Å². The topological polar surface area (TPSA) is 43.4 Å². The molecule has 0 fully saturated rings. The standard InChI is InChI=1S/C9H11ClO3S/c1-3-7-6-8(13-2)4-5-9(7)14(10,11)12/h4-6H,3H2,1-2H3. The predicted octanol–water partition coefficient (Wildman–Crippen LogP) is 2.19. The highest BCUT2D eigenvalue weighted by molar-refractivity contribution is 8.13. The summed E-state index contributed by atoms with van der Waals surface area (Å²) in [5.74, 6) is 0.630. The van der Waals surface area contributed by atoms with Gasteiger partial charge in [-0.1, -0.05) is 6.92 Å². The quantitative estimate of drug-likeness (QED) is 0.753. The van der Waals surface area contributed by atoms with E-state index in [1.807, 2.05) is 6.92 Å². The van der Waals surface area contributed by atoms with Crippen LogP contribution < -0.4 is 4.74 Å². The van der Waals surface area contributed by atoms with Crippen LogP contribution >= 0.6 is 10.7 Å². The van der Waals surface area contributed by atoms with Crippen molar-refractivity contribution in [2.24, 2.45) is 0 Å². The van der Waals surface area contributed by atoms with E-state index in [0.29, 0.717) is 17.7 Å². The van der Waals surface area contributed by atoms with Gasteiger partial charge in [0.05, 0.1) is 12.0 Å². The van der Waals surface area contributed by atoms with Crippen molar-refractivity contribution in [2.75, 3.05) is 7.11 Å². The lowest BCUT2D eigenvalue weighted by Gasteiger charge is -2.06. The predicted molar refractivity (Wildman–Crippen MR) is 55.4 cm³/mol. The molecule has 78 valence electrons. The molecule has 0 unspecified atom stereocenters. The zero-order chi connectivity index (χ0) is 10.8. The number of benzene rings is 1. The number of methoxy groups -OCH3 is 1. The lowest BCUT2D eigenvalue weighted by Crippen LogP contribution is -1.97. The molecular weight excluding hydrogens is 224 g/mol. The maximum absolute atomic E-state index is 11.1. The SMILES string of the molecule is CCc1cc(OC)ccc1S(=O)(=O)Cl. The van der Waals surface area contributed by atoms with Crippen LogP contribution in [0.2, 0.25) is 0 Å². The maximum Gasteiger partial charge on any atom is 0.261 e. The van der Waals surface area contributed by atoms with Gasteiger partial charge in [0.15, 0.2) is 0 Å². The average molecular weight is 235 g/mol. The van der Waals surface area contributed by atoms with Gasteiger partial charge in [-0.3, -0.25) is 0 Å². The van der Waals surface area contributed by atoms with Gasteiger partial charge in [-0.2, -0.15) is 0 Å². The summed E-state index contributed by atoms with van der Waals surface area (Å²) in [6.45, 7) is 1.86. The Hall–Kier alpha value is -0.740. The second kappa shape index (κ2) is 4.19. The van der Waals surface area contributed by atoms with Gasteiger partial charge >= 0.3 is 0 Å². The second-order valence-electron chi connectivity index (χ2n) is 2.77. The molecule has 0 radical (unpaired) electrons. The molecule has 1 aromatic rings. The van der Waals surface area contributed by atoms with Crippen LogP contribution in [0.4, 0.5) is 0 Å². The van der Waals surface area contributed by atoms with Gasteiger partial charge < -0.3 is 4.74 Å². The summed E-state index contributed by atoms with van der Waals surface area (Å²) >= 11 is 0. The molecule has 0 bridgehead atoms. The minimum Gasteiger partial charge on any atom is -0.497 e. The number of halogens is 1. The molecule has 0 aliphatic heterocycles. The van der Waals surface area contributed by atoms with Crippen molar-refractivity contribution in [3.05, 3.63) is 23.8 Å². The summed E-state index contributed by atoms with van der Waals surface area (Å²) in [5, 5.41) is 0. The third-order valence-corrected chi connectivity index (χ3v) is 3.33. The molecule has 0 aromatic heterocycles. The van der Waals surface area contributed by atoms with E-state index in [4.69, 9.17) is 15.4 Å². The molecule has 0 saturated carbocycles. The monoisotopic (exact) mass is 234 g/mol. The van der Waals surface area contributed by atoms with Crippen molar-refractivity contribution >= 4 is 19.7 Å². The van der Waals surface area contributed by atoms with Crippen LogP contribution in [-0.4, -0.2) is 15.5 Å². The van der Waals surface area contributed by atoms with Gasteiger partial charge in [-0.25, -0.2) is 8.42 Å². The Morgan fingerprint density at radius 3 is 2.50 bits per heavy atom. The smallest absolute Gasteiger partial charge is 0.261 e. The van der Waals surface area contributed by atoms with Gasteiger partial charge in [0, 0.05) is 10.7 Å². The van der Waals surface area contributed by atoms with Crippen LogP contribution in [0.15, 0.2) is 23.1 Å². The lowest BCUT2D eigenvalue weighted by atomic mass is 10.1. The van der Waals surface area contributed by atoms with Crippen molar-refractivity contribution in [1.29, 1.82) is 0 Å². The summed E-state index contributed by atoms with van der Waals surface area (Å²) in [6, 6.07) is 4.71. The summed E-state index contributed by atoms with van der Waals surface area (Å²) < 4.78 is 27.3. The lowest BCUT2D eigenvalue weighted by molar-refractivity contribution is 0.414. The fourth-order valence-corrected chi connectivity index (χ4v) is 2.40. The third-order valence-electron chi connectivity index (χ3n) is 1.91. The fourth-order valence-electron chi connectivity index (χ4n) is 1.20. The van der Waals surface area contributed by atoms with Gasteiger partial charge in [0.2, 0.25) is 0 Å². The molecule has 0 heterocycles. The van der Waals surface area contributed by atoms with Gasteiger partial charge in [-0.15, -0.1) is 0 Å². The van der Waals surface area contributed by atoms with E-state index in [1.54, 1.807) is 12.1 Å². The number of hydrogen-bond acceptors (Lipinski definition) is 3. The van der Waals surface area contributed by atoms with Crippen molar-refractivity contribution < 1.29 is 13.2 Å². The van der Waals surface area contributed by atoms with E-state index in [-0.39, 0.29) is 4.90 Å². The van der Waals surface area contributed by atoms with E-state index in [1.165, 1.54) is 13.2 Å². The highest BCUT2D eigenvalue weighted by atomic mass is 35.7. The molecule has 0 saturated heterocycles. The van der Waals surface area contributed by atoms with Crippen LogP contribution in [0.25, 0.3) is 0 Å². The normalized spacial score (nSPS) is 11.4. The Balaban J connectivity index is 3.33. The largest absolute Gasteiger partial charge is 0.497 e.